The Bertz CT molecular complexity index is 1510. The minimum atomic E-state index is -4.46. The van der Waals surface area contributed by atoms with Crippen LogP contribution in [-0.4, -0.2) is 43.4 Å². The standard InChI is InChI=1S/C26H21F3N6O2.ClH/c1-2-18-13-22(24-21(30-18)11-12-23(31-24)37-15-26(27,28)29)36-14-16-7-9-17(10-8-16)19-5-3-4-6-20(19)25-32-34-35-33-25;/h3-13H,2,14-15H2,1H3,(H,32,33,34,35);1H. The van der Waals surface area contributed by atoms with Gasteiger partial charge in [-0.1, -0.05) is 55.5 Å². The number of halogens is 4. The number of rotatable bonds is 8. The molecule has 5 rings (SSSR count). The molecule has 0 unspecified atom stereocenters. The number of alkyl halides is 3. The summed E-state index contributed by atoms with van der Waals surface area (Å²) in [6.45, 7) is 0.756. The van der Waals surface area contributed by atoms with E-state index in [9.17, 15) is 13.2 Å². The van der Waals surface area contributed by atoms with Gasteiger partial charge in [-0.15, -0.1) is 22.6 Å². The Hall–Kier alpha value is -4.25. The average Bonchev–Trinajstić information content (AvgIpc) is 3.45. The fourth-order valence-corrected chi connectivity index (χ4v) is 3.79. The largest absolute Gasteiger partial charge is 0.486 e. The molecule has 0 amide bonds. The van der Waals surface area contributed by atoms with E-state index in [1.165, 1.54) is 6.07 Å². The lowest BCUT2D eigenvalue weighted by atomic mass is 9.98. The van der Waals surface area contributed by atoms with Crippen molar-refractivity contribution in [1.82, 2.24) is 30.6 Å². The first kappa shape index (κ1) is 26.8. The quantitative estimate of drug-likeness (QED) is 0.257. The van der Waals surface area contributed by atoms with E-state index in [4.69, 9.17) is 9.47 Å². The lowest BCUT2D eigenvalue weighted by Crippen LogP contribution is -2.19. The molecule has 38 heavy (non-hydrogen) atoms. The maximum Gasteiger partial charge on any atom is 0.422 e. The first-order valence-electron chi connectivity index (χ1n) is 11.4. The van der Waals surface area contributed by atoms with Crippen LogP contribution < -0.4 is 9.47 Å². The molecule has 0 aliphatic rings. The predicted octanol–water partition coefficient (Wildman–Crippen LogP) is 5.98. The van der Waals surface area contributed by atoms with Crippen molar-refractivity contribution in [2.45, 2.75) is 26.1 Å². The Morgan fingerprint density at radius 3 is 2.34 bits per heavy atom. The van der Waals surface area contributed by atoms with Crippen molar-refractivity contribution < 1.29 is 22.6 Å². The van der Waals surface area contributed by atoms with E-state index in [0.29, 0.717) is 29.0 Å². The Morgan fingerprint density at radius 2 is 1.66 bits per heavy atom. The molecule has 0 spiro atoms. The molecule has 3 aromatic heterocycles. The monoisotopic (exact) mass is 542 g/mol. The Morgan fingerprint density at radius 1 is 0.895 bits per heavy atom. The van der Waals surface area contributed by atoms with Gasteiger partial charge in [0.15, 0.2) is 6.61 Å². The second kappa shape index (κ2) is 11.4. The molecule has 0 atom stereocenters. The van der Waals surface area contributed by atoms with Gasteiger partial charge < -0.3 is 9.47 Å². The summed E-state index contributed by atoms with van der Waals surface area (Å²) in [5.41, 5.74) is 5.31. The average molecular weight is 543 g/mol. The first-order chi connectivity index (χ1) is 17.9. The van der Waals surface area contributed by atoms with Gasteiger partial charge in [-0.25, -0.2) is 4.98 Å². The zero-order chi connectivity index (χ0) is 25.8. The zero-order valence-corrected chi connectivity index (χ0v) is 20.9. The minimum Gasteiger partial charge on any atom is -0.486 e. The van der Waals surface area contributed by atoms with Gasteiger partial charge in [-0.3, -0.25) is 4.98 Å². The summed E-state index contributed by atoms with van der Waals surface area (Å²) in [5, 5.41) is 14.3. The van der Waals surface area contributed by atoms with Gasteiger partial charge in [-0.2, -0.15) is 18.4 Å². The van der Waals surface area contributed by atoms with Crippen molar-refractivity contribution in [3.63, 3.8) is 0 Å². The van der Waals surface area contributed by atoms with Gasteiger partial charge in [0.1, 0.15) is 17.9 Å². The zero-order valence-electron chi connectivity index (χ0n) is 20.1. The lowest BCUT2D eigenvalue weighted by Gasteiger charge is -2.13. The Kier molecular flexibility index (Phi) is 8.06. The van der Waals surface area contributed by atoms with E-state index in [0.717, 1.165) is 27.9 Å². The van der Waals surface area contributed by atoms with Crippen LogP contribution >= 0.6 is 12.4 Å². The van der Waals surface area contributed by atoms with Gasteiger partial charge in [0.2, 0.25) is 11.7 Å². The first-order valence-corrected chi connectivity index (χ1v) is 11.4. The highest BCUT2D eigenvalue weighted by atomic mass is 35.5. The third-order valence-electron chi connectivity index (χ3n) is 5.56. The minimum absolute atomic E-state index is 0. The molecule has 0 fully saturated rings. The second-order valence-electron chi connectivity index (χ2n) is 8.15. The van der Waals surface area contributed by atoms with Crippen LogP contribution in [0.5, 0.6) is 11.6 Å². The van der Waals surface area contributed by atoms with E-state index >= 15 is 0 Å². The number of aromatic amines is 1. The van der Waals surface area contributed by atoms with Gasteiger partial charge >= 0.3 is 6.18 Å². The summed E-state index contributed by atoms with van der Waals surface area (Å²) in [6.07, 6.45) is -3.80. The number of benzene rings is 2. The summed E-state index contributed by atoms with van der Waals surface area (Å²) < 4.78 is 48.6. The molecular formula is C26H22ClF3N6O2. The second-order valence-corrected chi connectivity index (χ2v) is 8.15. The van der Waals surface area contributed by atoms with Gasteiger partial charge in [0.25, 0.3) is 0 Å². The smallest absolute Gasteiger partial charge is 0.422 e. The SMILES string of the molecule is CCc1cc(OCc2ccc(-c3ccccc3-c3nn[nH]n3)cc2)c2nc(OCC(F)(F)F)ccc2n1.Cl. The van der Waals surface area contributed by atoms with Crippen LogP contribution in [-0.2, 0) is 13.0 Å². The molecule has 0 saturated heterocycles. The molecule has 1 N–H and O–H groups in total. The topological polar surface area (TPSA) is 98.7 Å². The molecule has 2 aromatic carbocycles. The number of nitrogens with zero attached hydrogens (tertiary/aromatic N) is 5. The van der Waals surface area contributed by atoms with E-state index in [-0.39, 0.29) is 24.9 Å². The van der Waals surface area contributed by atoms with Gasteiger partial charge in [0, 0.05) is 23.4 Å². The van der Waals surface area contributed by atoms with Crippen molar-refractivity contribution in [2.75, 3.05) is 6.61 Å². The van der Waals surface area contributed by atoms with Gasteiger partial charge in [0.05, 0.1) is 5.52 Å². The number of aryl methyl sites for hydroxylation is 1. The van der Waals surface area contributed by atoms with E-state index in [1.807, 2.05) is 55.5 Å². The summed E-state index contributed by atoms with van der Waals surface area (Å²) in [5.74, 6) is 0.779. The van der Waals surface area contributed by atoms with E-state index in [1.54, 1.807) is 12.1 Å². The molecule has 12 heteroatoms. The molecule has 0 radical (unpaired) electrons. The maximum absolute atomic E-state index is 12.6. The van der Waals surface area contributed by atoms with E-state index in [2.05, 4.69) is 30.6 Å². The summed E-state index contributed by atoms with van der Waals surface area (Å²) >= 11 is 0. The third kappa shape index (κ3) is 6.17. The number of hydrogen-bond donors (Lipinski definition) is 1. The third-order valence-corrected chi connectivity index (χ3v) is 5.56. The maximum atomic E-state index is 12.6. The molecule has 8 nitrogen and oxygen atoms in total. The summed E-state index contributed by atoms with van der Waals surface area (Å²) in [4.78, 5) is 8.72. The molecular weight excluding hydrogens is 521 g/mol. The van der Waals surface area contributed by atoms with Crippen molar-refractivity contribution in [2.24, 2.45) is 0 Å². The fraction of sp³-hybridized carbons (Fsp3) is 0.192. The Labute approximate surface area is 221 Å². The highest BCUT2D eigenvalue weighted by molar-refractivity contribution is 5.85. The fourth-order valence-electron chi connectivity index (χ4n) is 3.79. The van der Waals surface area contributed by atoms with Crippen LogP contribution in [0.3, 0.4) is 0 Å². The molecule has 3 heterocycles. The number of tetrazole rings is 1. The Balaban J connectivity index is 0.00000336. The molecule has 0 bridgehead atoms. The predicted molar refractivity (Wildman–Crippen MR) is 137 cm³/mol. The van der Waals surface area contributed by atoms with Crippen molar-refractivity contribution in [3.8, 4) is 34.1 Å². The normalized spacial score (nSPS) is 11.3. The summed E-state index contributed by atoms with van der Waals surface area (Å²) in [6, 6.07) is 20.3. The highest BCUT2D eigenvalue weighted by Crippen LogP contribution is 2.31. The summed E-state index contributed by atoms with van der Waals surface area (Å²) in [7, 11) is 0. The molecule has 5 aromatic rings. The lowest BCUT2D eigenvalue weighted by molar-refractivity contribution is -0.154. The molecule has 0 aliphatic heterocycles. The molecule has 0 saturated carbocycles. The van der Waals surface area contributed by atoms with Crippen LogP contribution in [0, 0.1) is 0 Å². The number of ether oxygens (including phenoxy) is 2. The van der Waals surface area contributed by atoms with E-state index < -0.39 is 12.8 Å². The molecule has 196 valence electrons. The van der Waals surface area contributed by atoms with Crippen molar-refractivity contribution in [1.29, 1.82) is 0 Å². The number of nitrogens with one attached hydrogen (secondary N) is 1. The molecule has 0 aliphatic carbocycles. The highest BCUT2D eigenvalue weighted by Gasteiger charge is 2.28. The number of aromatic nitrogens is 6. The van der Waals surface area contributed by atoms with Crippen LogP contribution in [0.4, 0.5) is 13.2 Å². The number of fused-ring (bicyclic) bond motifs is 1. The van der Waals surface area contributed by atoms with Crippen molar-refractivity contribution in [3.05, 3.63) is 78.0 Å². The van der Waals surface area contributed by atoms with Crippen molar-refractivity contribution >= 4 is 23.4 Å². The van der Waals surface area contributed by atoms with Crippen LogP contribution in [0.25, 0.3) is 33.5 Å². The number of hydrogen-bond acceptors (Lipinski definition) is 7. The number of pyridine rings is 2. The van der Waals surface area contributed by atoms with Crippen LogP contribution in [0.1, 0.15) is 18.2 Å². The van der Waals surface area contributed by atoms with Gasteiger partial charge in [-0.05, 0) is 34.4 Å². The van der Waals surface area contributed by atoms with Crippen LogP contribution in [0.2, 0.25) is 0 Å². The number of H-pyrrole nitrogens is 1. The van der Waals surface area contributed by atoms with Crippen LogP contribution in [0.15, 0.2) is 66.7 Å².